The smallest absolute Gasteiger partial charge is 0.357 e. The van der Waals surface area contributed by atoms with Crippen LogP contribution in [0.2, 0.25) is 0 Å². The van der Waals surface area contributed by atoms with Gasteiger partial charge in [0.25, 0.3) is 5.91 Å². The summed E-state index contributed by atoms with van der Waals surface area (Å²) < 4.78 is 5.22. The summed E-state index contributed by atoms with van der Waals surface area (Å²) in [5, 5.41) is 9.53. The fourth-order valence-electron chi connectivity index (χ4n) is 3.24. The second-order valence-electron chi connectivity index (χ2n) is 7.89. The molecule has 0 atom stereocenters. The number of thiocarbonyl (C=S) groups is 1. The van der Waals surface area contributed by atoms with E-state index in [1.807, 2.05) is 12.3 Å². The molecule has 8 nitrogen and oxygen atoms in total. The molecule has 1 fully saturated rings. The van der Waals surface area contributed by atoms with E-state index < -0.39 is 11.5 Å². The lowest BCUT2D eigenvalue weighted by Crippen LogP contribution is -2.43. The van der Waals surface area contributed by atoms with E-state index in [2.05, 4.69) is 9.97 Å². The molecule has 0 N–H and O–H groups in total. The van der Waals surface area contributed by atoms with E-state index in [4.69, 9.17) is 17.0 Å². The van der Waals surface area contributed by atoms with Crippen LogP contribution < -0.4 is 4.90 Å². The number of hydrogen-bond acceptors (Lipinski definition) is 8. The van der Waals surface area contributed by atoms with Crippen LogP contribution in [-0.4, -0.2) is 49.8 Å². The third kappa shape index (κ3) is 4.45. The summed E-state index contributed by atoms with van der Waals surface area (Å²) in [6.07, 6.45) is 3.06. The van der Waals surface area contributed by atoms with Crippen LogP contribution in [0.3, 0.4) is 0 Å². The number of rotatable bonds is 6. The van der Waals surface area contributed by atoms with Gasteiger partial charge < -0.3 is 9.64 Å². The molecular weight excluding hydrogens is 446 g/mol. The third-order valence-corrected chi connectivity index (χ3v) is 6.08. The Kier molecular flexibility index (Phi) is 6.81. The molecule has 0 aromatic carbocycles. The van der Waals surface area contributed by atoms with Crippen molar-refractivity contribution in [1.29, 1.82) is 5.26 Å². The van der Waals surface area contributed by atoms with Crippen molar-refractivity contribution >= 4 is 46.7 Å². The molecule has 166 valence electrons. The van der Waals surface area contributed by atoms with Gasteiger partial charge in [-0.05, 0) is 64.4 Å². The fraction of sp³-hybridized carbons (Fsp3) is 0.364. The number of pyridine rings is 2. The quantitative estimate of drug-likeness (QED) is 0.357. The minimum absolute atomic E-state index is 0.197. The second-order valence-corrected chi connectivity index (χ2v) is 9.11. The first-order valence-electron chi connectivity index (χ1n) is 9.87. The van der Waals surface area contributed by atoms with Gasteiger partial charge in [-0.3, -0.25) is 9.69 Å². The Labute approximate surface area is 196 Å². The Morgan fingerprint density at radius 2 is 2.09 bits per heavy atom. The number of carbonyl (C=O) groups is 2. The van der Waals surface area contributed by atoms with Crippen molar-refractivity contribution in [1.82, 2.24) is 14.9 Å². The molecule has 1 aliphatic heterocycles. The van der Waals surface area contributed by atoms with Crippen LogP contribution in [0.15, 0.2) is 35.4 Å². The zero-order valence-corrected chi connectivity index (χ0v) is 20.1. The van der Waals surface area contributed by atoms with E-state index in [1.165, 1.54) is 22.9 Å². The van der Waals surface area contributed by atoms with Gasteiger partial charge in [0, 0.05) is 4.90 Å². The maximum atomic E-state index is 13.3. The van der Waals surface area contributed by atoms with Crippen LogP contribution in [0, 0.1) is 11.3 Å². The van der Waals surface area contributed by atoms with Crippen LogP contribution in [-0.2, 0) is 16.1 Å². The SMILES string of the molecule is CSc1cc(N2C(=O)C(C)(C)N(Cc3cccc(C(=O)OC(C)C)n3)C2=S)cnc1C#N. The number of hydrogen-bond donors (Lipinski definition) is 0. The molecule has 0 unspecified atom stereocenters. The van der Waals surface area contributed by atoms with Gasteiger partial charge in [-0.15, -0.1) is 11.8 Å². The number of aromatic nitrogens is 2. The van der Waals surface area contributed by atoms with Crippen molar-refractivity contribution in [2.75, 3.05) is 11.2 Å². The van der Waals surface area contributed by atoms with Gasteiger partial charge >= 0.3 is 5.97 Å². The van der Waals surface area contributed by atoms with Crippen LogP contribution in [0.5, 0.6) is 0 Å². The van der Waals surface area contributed by atoms with Gasteiger partial charge in [0.15, 0.2) is 10.8 Å². The Balaban J connectivity index is 1.91. The molecule has 10 heteroatoms. The Morgan fingerprint density at radius 3 is 2.72 bits per heavy atom. The van der Waals surface area contributed by atoms with Gasteiger partial charge in [0.2, 0.25) is 0 Å². The van der Waals surface area contributed by atoms with Crippen molar-refractivity contribution in [3.8, 4) is 6.07 Å². The molecule has 0 bridgehead atoms. The standard InChI is InChI=1S/C22H23N5O3S2/c1-13(2)30-19(28)16-8-6-7-14(25-16)12-26-21(31)27(20(29)22(26,3)4)15-9-18(32-5)17(10-23)24-11-15/h6-9,11,13H,12H2,1-5H3. The first-order valence-corrected chi connectivity index (χ1v) is 11.5. The van der Waals surface area contributed by atoms with Crippen LogP contribution in [0.4, 0.5) is 5.69 Å². The van der Waals surface area contributed by atoms with E-state index in [1.54, 1.807) is 56.9 Å². The molecule has 0 radical (unpaired) electrons. The topological polar surface area (TPSA) is 99.4 Å². The normalized spacial score (nSPS) is 15.3. The maximum absolute atomic E-state index is 13.3. The third-order valence-electron chi connectivity index (χ3n) is 4.92. The summed E-state index contributed by atoms with van der Waals surface area (Å²) in [6.45, 7) is 7.34. The number of nitrogens with zero attached hydrogens (tertiary/aromatic N) is 5. The first-order chi connectivity index (χ1) is 15.1. The number of esters is 1. The number of thioether (sulfide) groups is 1. The van der Waals surface area contributed by atoms with E-state index in [-0.39, 0.29) is 24.2 Å². The van der Waals surface area contributed by atoms with Crippen LogP contribution in [0.25, 0.3) is 0 Å². The van der Waals surface area contributed by atoms with E-state index in [0.717, 1.165) is 0 Å². The molecule has 0 spiro atoms. The summed E-state index contributed by atoms with van der Waals surface area (Å²) in [5.74, 6) is -0.715. The van der Waals surface area contributed by atoms with Crippen molar-refractivity contribution in [3.05, 3.63) is 47.5 Å². The molecule has 1 saturated heterocycles. The van der Waals surface area contributed by atoms with Crippen molar-refractivity contribution in [3.63, 3.8) is 0 Å². The van der Waals surface area contributed by atoms with Gasteiger partial charge in [-0.1, -0.05) is 6.07 Å². The van der Waals surface area contributed by atoms with Crippen LogP contribution in [0.1, 0.15) is 49.6 Å². The lowest BCUT2D eigenvalue weighted by atomic mass is 10.0. The monoisotopic (exact) mass is 469 g/mol. The molecule has 0 saturated carbocycles. The number of anilines is 1. The lowest BCUT2D eigenvalue weighted by Gasteiger charge is -2.29. The Morgan fingerprint density at radius 1 is 1.38 bits per heavy atom. The summed E-state index contributed by atoms with van der Waals surface area (Å²) in [6, 6.07) is 8.86. The summed E-state index contributed by atoms with van der Waals surface area (Å²) >= 11 is 7.04. The number of carbonyl (C=O) groups excluding carboxylic acids is 2. The van der Waals surface area contributed by atoms with Gasteiger partial charge in [-0.25, -0.2) is 14.8 Å². The highest BCUT2D eigenvalue weighted by Crippen LogP contribution is 2.34. The molecule has 3 heterocycles. The average molecular weight is 470 g/mol. The first kappa shape index (κ1) is 23.6. The summed E-state index contributed by atoms with van der Waals surface area (Å²) in [7, 11) is 0. The van der Waals surface area contributed by atoms with Gasteiger partial charge in [-0.2, -0.15) is 5.26 Å². The lowest BCUT2D eigenvalue weighted by molar-refractivity contribution is -0.123. The fourth-order valence-corrected chi connectivity index (χ4v) is 4.25. The summed E-state index contributed by atoms with van der Waals surface area (Å²) in [5.41, 5.74) is 0.630. The highest BCUT2D eigenvalue weighted by molar-refractivity contribution is 7.98. The van der Waals surface area contributed by atoms with Crippen LogP contribution >= 0.6 is 24.0 Å². The molecule has 32 heavy (non-hydrogen) atoms. The second kappa shape index (κ2) is 9.22. The molecule has 3 rings (SSSR count). The highest BCUT2D eigenvalue weighted by atomic mass is 32.2. The van der Waals surface area contributed by atoms with E-state index in [0.29, 0.717) is 27.1 Å². The molecule has 1 aliphatic rings. The molecule has 2 aromatic heterocycles. The van der Waals surface area contributed by atoms with Crippen molar-refractivity contribution in [2.24, 2.45) is 0 Å². The predicted molar refractivity (Wildman–Crippen MR) is 125 cm³/mol. The Bertz CT molecular complexity index is 1130. The maximum Gasteiger partial charge on any atom is 0.357 e. The van der Waals surface area contributed by atoms with Crippen molar-refractivity contribution < 1.29 is 14.3 Å². The van der Waals surface area contributed by atoms with E-state index >= 15 is 0 Å². The number of ether oxygens (including phenoxy) is 1. The zero-order chi connectivity index (χ0) is 23.6. The minimum atomic E-state index is -0.944. The molecule has 1 amide bonds. The number of nitriles is 1. The zero-order valence-electron chi connectivity index (χ0n) is 18.4. The van der Waals surface area contributed by atoms with E-state index in [9.17, 15) is 14.9 Å². The largest absolute Gasteiger partial charge is 0.458 e. The molecule has 2 aromatic rings. The Hall–Kier alpha value is -3.03. The average Bonchev–Trinajstić information content (AvgIpc) is 2.92. The minimum Gasteiger partial charge on any atom is -0.458 e. The summed E-state index contributed by atoms with van der Waals surface area (Å²) in [4.78, 5) is 37.9. The molecule has 0 aliphatic carbocycles. The molecular formula is C22H23N5O3S2. The number of amides is 1. The van der Waals surface area contributed by atoms with Crippen molar-refractivity contribution in [2.45, 2.75) is 50.8 Å². The van der Waals surface area contributed by atoms with Gasteiger partial charge in [0.1, 0.15) is 17.3 Å². The van der Waals surface area contributed by atoms with Gasteiger partial charge in [0.05, 0.1) is 30.2 Å². The highest BCUT2D eigenvalue weighted by Gasteiger charge is 2.49. The predicted octanol–water partition coefficient (Wildman–Crippen LogP) is 3.55.